The molecule has 15 heavy (non-hydrogen) atoms. The highest BCUT2D eigenvalue weighted by molar-refractivity contribution is 5.82. The molecule has 88 valence electrons. The summed E-state index contributed by atoms with van der Waals surface area (Å²) < 4.78 is 0. The van der Waals surface area contributed by atoms with E-state index in [1.54, 1.807) is 6.92 Å². The molecule has 6 heteroatoms. The lowest BCUT2D eigenvalue weighted by Gasteiger charge is -2.15. The lowest BCUT2D eigenvalue weighted by atomic mass is 10.2. The molecule has 0 aliphatic heterocycles. The van der Waals surface area contributed by atoms with Crippen molar-refractivity contribution in [2.75, 3.05) is 13.1 Å². The van der Waals surface area contributed by atoms with Gasteiger partial charge in [0.15, 0.2) is 0 Å². The molecule has 2 amide bonds. The van der Waals surface area contributed by atoms with E-state index in [1.807, 2.05) is 6.92 Å². The normalized spacial score (nSPS) is 14.3. The van der Waals surface area contributed by atoms with Gasteiger partial charge in [0, 0.05) is 13.1 Å². The summed E-state index contributed by atoms with van der Waals surface area (Å²) in [5.41, 5.74) is 10.4. The Kier molecular flexibility index (Phi) is 6.64. The van der Waals surface area contributed by atoms with Gasteiger partial charge >= 0.3 is 0 Å². The highest BCUT2D eigenvalue weighted by Gasteiger charge is 2.14. The summed E-state index contributed by atoms with van der Waals surface area (Å²) >= 11 is 0. The maximum atomic E-state index is 11.4. The molecule has 0 radical (unpaired) electrons. The van der Waals surface area contributed by atoms with E-state index in [-0.39, 0.29) is 18.5 Å². The van der Waals surface area contributed by atoms with Crippen molar-refractivity contribution < 1.29 is 9.59 Å². The second-order valence-corrected chi connectivity index (χ2v) is 3.43. The van der Waals surface area contributed by atoms with Crippen molar-refractivity contribution in [3.05, 3.63) is 0 Å². The Morgan fingerprint density at radius 3 is 2.47 bits per heavy atom. The maximum Gasteiger partial charge on any atom is 0.236 e. The summed E-state index contributed by atoms with van der Waals surface area (Å²) in [6.07, 6.45) is 0.888. The van der Waals surface area contributed by atoms with E-state index >= 15 is 0 Å². The van der Waals surface area contributed by atoms with Crippen molar-refractivity contribution >= 4 is 11.8 Å². The van der Waals surface area contributed by atoms with Crippen molar-refractivity contribution in [2.24, 2.45) is 11.5 Å². The molecule has 0 saturated carbocycles. The molecule has 0 spiro atoms. The zero-order valence-corrected chi connectivity index (χ0v) is 9.25. The van der Waals surface area contributed by atoms with Crippen LogP contribution in [-0.2, 0) is 9.59 Å². The van der Waals surface area contributed by atoms with Crippen molar-refractivity contribution in [3.8, 4) is 0 Å². The zero-order chi connectivity index (χ0) is 11.8. The molecule has 0 heterocycles. The number of carbonyl (C=O) groups is 2. The number of rotatable bonds is 7. The minimum atomic E-state index is -0.758. The fourth-order valence-corrected chi connectivity index (χ4v) is 0.898. The van der Waals surface area contributed by atoms with E-state index < -0.39 is 11.9 Å². The third-order valence-electron chi connectivity index (χ3n) is 1.95. The Hall–Kier alpha value is -1.14. The van der Waals surface area contributed by atoms with E-state index in [2.05, 4.69) is 10.6 Å². The van der Waals surface area contributed by atoms with Crippen LogP contribution in [0.1, 0.15) is 20.3 Å². The Labute approximate surface area is 89.8 Å². The molecule has 2 atom stereocenters. The van der Waals surface area contributed by atoms with E-state index in [9.17, 15) is 9.59 Å². The molecule has 0 aromatic rings. The van der Waals surface area contributed by atoms with Gasteiger partial charge in [0.25, 0.3) is 0 Å². The van der Waals surface area contributed by atoms with Crippen LogP contribution < -0.4 is 22.1 Å². The summed E-state index contributed by atoms with van der Waals surface area (Å²) in [5, 5.41) is 5.56. The lowest BCUT2D eigenvalue weighted by molar-refractivity contribution is -0.123. The van der Waals surface area contributed by atoms with Gasteiger partial charge in [0.05, 0.1) is 12.1 Å². The van der Waals surface area contributed by atoms with Gasteiger partial charge in [0.2, 0.25) is 11.8 Å². The summed E-state index contributed by atoms with van der Waals surface area (Å²) in [6.45, 7) is 4.53. The highest BCUT2D eigenvalue weighted by atomic mass is 16.2. The molecule has 0 aromatic heterocycles. The second kappa shape index (κ2) is 7.19. The van der Waals surface area contributed by atoms with E-state index in [0.717, 1.165) is 6.42 Å². The van der Waals surface area contributed by atoms with E-state index in [1.165, 1.54) is 0 Å². The van der Waals surface area contributed by atoms with Crippen LogP contribution in [0.4, 0.5) is 0 Å². The number of hydrogen-bond acceptors (Lipinski definition) is 4. The molecule has 0 aliphatic rings. The van der Waals surface area contributed by atoms with Gasteiger partial charge in [-0.15, -0.1) is 0 Å². The van der Waals surface area contributed by atoms with E-state index in [4.69, 9.17) is 11.5 Å². The van der Waals surface area contributed by atoms with E-state index in [0.29, 0.717) is 6.54 Å². The average molecular weight is 216 g/mol. The van der Waals surface area contributed by atoms with Crippen molar-refractivity contribution in [1.82, 2.24) is 10.6 Å². The zero-order valence-electron chi connectivity index (χ0n) is 9.25. The lowest BCUT2D eigenvalue weighted by Crippen LogP contribution is -2.50. The topological polar surface area (TPSA) is 110 Å². The summed E-state index contributed by atoms with van der Waals surface area (Å²) in [7, 11) is 0. The highest BCUT2D eigenvalue weighted by Crippen LogP contribution is 1.84. The van der Waals surface area contributed by atoms with Gasteiger partial charge < -0.3 is 22.1 Å². The largest absolute Gasteiger partial charge is 0.368 e. The molecule has 6 nitrogen and oxygen atoms in total. The first-order chi connectivity index (χ1) is 6.99. The average Bonchev–Trinajstić information content (AvgIpc) is 2.21. The molecule has 0 saturated heterocycles. The first kappa shape index (κ1) is 13.9. The van der Waals surface area contributed by atoms with Crippen molar-refractivity contribution in [3.63, 3.8) is 0 Å². The quantitative estimate of drug-likeness (QED) is 0.406. The van der Waals surface area contributed by atoms with Gasteiger partial charge in [-0.3, -0.25) is 9.59 Å². The Bertz CT molecular complexity index is 220. The predicted octanol–water partition coefficient (Wildman–Crippen LogP) is -1.70. The Balaban J connectivity index is 3.77. The first-order valence-corrected chi connectivity index (χ1v) is 5.05. The summed E-state index contributed by atoms with van der Waals surface area (Å²) in [4.78, 5) is 22.0. The SMILES string of the molecule is CCCNC(=O)C(C)NCC(N)C(N)=O. The van der Waals surface area contributed by atoms with Gasteiger partial charge in [-0.1, -0.05) is 6.92 Å². The molecule has 2 unspecified atom stereocenters. The Morgan fingerprint density at radius 1 is 1.40 bits per heavy atom. The number of hydrogen-bond donors (Lipinski definition) is 4. The minimum absolute atomic E-state index is 0.103. The number of primary amides is 1. The maximum absolute atomic E-state index is 11.4. The third kappa shape index (κ3) is 6.03. The molecule has 0 aliphatic carbocycles. The number of amides is 2. The molecular formula is C9H20N4O2. The fourth-order valence-electron chi connectivity index (χ4n) is 0.898. The van der Waals surface area contributed by atoms with Crippen LogP contribution in [0.5, 0.6) is 0 Å². The van der Waals surface area contributed by atoms with Crippen molar-refractivity contribution in [2.45, 2.75) is 32.4 Å². The fraction of sp³-hybridized carbons (Fsp3) is 0.778. The van der Waals surface area contributed by atoms with Crippen LogP contribution in [0.15, 0.2) is 0 Å². The van der Waals surface area contributed by atoms with Crippen LogP contribution in [-0.4, -0.2) is 37.0 Å². The van der Waals surface area contributed by atoms with Crippen LogP contribution in [0, 0.1) is 0 Å². The van der Waals surface area contributed by atoms with Gasteiger partial charge in [-0.2, -0.15) is 0 Å². The monoisotopic (exact) mass is 216 g/mol. The van der Waals surface area contributed by atoms with Crippen LogP contribution in [0.25, 0.3) is 0 Å². The number of nitrogens with two attached hydrogens (primary N) is 2. The van der Waals surface area contributed by atoms with Gasteiger partial charge in [0.1, 0.15) is 0 Å². The number of nitrogens with one attached hydrogen (secondary N) is 2. The van der Waals surface area contributed by atoms with Crippen molar-refractivity contribution in [1.29, 1.82) is 0 Å². The van der Waals surface area contributed by atoms with Crippen LogP contribution >= 0.6 is 0 Å². The minimum Gasteiger partial charge on any atom is -0.368 e. The molecular weight excluding hydrogens is 196 g/mol. The standard InChI is InChI=1S/C9H20N4O2/c1-3-4-12-9(15)6(2)13-5-7(10)8(11)14/h6-7,13H,3-5,10H2,1-2H3,(H2,11,14)(H,12,15). The third-order valence-corrected chi connectivity index (χ3v) is 1.95. The molecule has 6 N–H and O–H groups in total. The van der Waals surface area contributed by atoms with Gasteiger partial charge in [-0.25, -0.2) is 0 Å². The number of carbonyl (C=O) groups excluding carboxylic acids is 2. The van der Waals surface area contributed by atoms with Crippen LogP contribution in [0.2, 0.25) is 0 Å². The molecule has 0 aromatic carbocycles. The second-order valence-electron chi connectivity index (χ2n) is 3.43. The molecule has 0 bridgehead atoms. The molecule has 0 fully saturated rings. The molecule has 0 rings (SSSR count). The predicted molar refractivity (Wildman–Crippen MR) is 57.9 cm³/mol. The summed E-state index contributed by atoms with van der Waals surface area (Å²) in [5.74, 6) is -0.683. The Morgan fingerprint density at radius 2 is 2.00 bits per heavy atom. The summed E-state index contributed by atoms with van der Waals surface area (Å²) in [6, 6.07) is -1.13. The smallest absolute Gasteiger partial charge is 0.236 e. The van der Waals surface area contributed by atoms with Gasteiger partial charge in [-0.05, 0) is 13.3 Å². The van der Waals surface area contributed by atoms with Crippen LogP contribution in [0.3, 0.4) is 0 Å². The first-order valence-electron chi connectivity index (χ1n) is 5.05.